The van der Waals surface area contributed by atoms with Gasteiger partial charge >= 0.3 is 5.51 Å². The van der Waals surface area contributed by atoms with Gasteiger partial charge in [0.2, 0.25) is 0 Å². The number of thiophene rings is 1. The topological polar surface area (TPSA) is 135 Å². The van der Waals surface area contributed by atoms with E-state index < -0.39 is 47.1 Å². The van der Waals surface area contributed by atoms with Crippen LogP contribution < -0.4 is 14.9 Å². The number of carbonyl (C=O) groups excluding carboxylic acids is 1. The van der Waals surface area contributed by atoms with Crippen molar-refractivity contribution in [3.63, 3.8) is 0 Å². The van der Waals surface area contributed by atoms with Crippen molar-refractivity contribution in [3.8, 4) is 0 Å². The van der Waals surface area contributed by atoms with Crippen LogP contribution in [0.25, 0.3) is 5.57 Å². The molecule has 1 unspecified atom stereocenters. The van der Waals surface area contributed by atoms with Crippen molar-refractivity contribution in [2.75, 3.05) is 81.4 Å². The monoisotopic (exact) mass is 1040 g/mol. The molecule has 2 fully saturated rings. The summed E-state index contributed by atoms with van der Waals surface area (Å²) in [4.78, 5) is 26.2. The number of piperazine rings is 2. The molecule has 4 aromatic rings. The van der Waals surface area contributed by atoms with Crippen LogP contribution in [-0.2, 0) is 19.9 Å². The Hall–Kier alpha value is -3.69. The number of anilines is 2. The van der Waals surface area contributed by atoms with Crippen LogP contribution in [0.1, 0.15) is 76.4 Å². The molecular formula is C48H61ClF3N7O5S4. The molecule has 1 amide bonds. The molecule has 2 saturated heterocycles. The highest BCUT2D eigenvalue weighted by Crippen LogP contribution is 2.43. The minimum Gasteiger partial charge on any atom is -0.380 e. The standard InChI is InChI=1S/C48H61ClF3N7O5S4/c1-46(2,3)59-25-21-56(22-26-59)18-15-37(32-66-39-16-27-65-33-39)54-43-13-11-40(28-44(43)67(61,62)48(50,51)52)68(63,64)55-45(60)34-6-9-38(10-7-34)58-23-19-57(20-24-58)31-35-29-47(4,5)17-14-41(35)42-12-8-36(49)30-53-42/h6-13,16,27-28,30,33,37,54H,14-15,17-26,29,31-32H2,1-5H3,(H,55,60). The number of aromatic nitrogens is 1. The first-order chi connectivity index (χ1) is 32.0. The zero-order valence-corrected chi connectivity index (χ0v) is 43.1. The average Bonchev–Trinajstić information content (AvgIpc) is 3.81. The molecule has 68 heavy (non-hydrogen) atoms. The highest BCUT2D eigenvalue weighted by molar-refractivity contribution is 7.99. The van der Waals surface area contributed by atoms with Gasteiger partial charge in [-0.05, 0) is 123 Å². The molecule has 7 rings (SSSR count). The molecule has 20 heteroatoms. The number of thioether (sulfide) groups is 1. The number of allylic oxidation sites excluding steroid dienone is 1. The summed E-state index contributed by atoms with van der Waals surface area (Å²) in [6.45, 7) is 18.9. The first-order valence-corrected chi connectivity index (χ1v) is 28.1. The number of hydrogen-bond donors (Lipinski definition) is 2. The van der Waals surface area contributed by atoms with Crippen LogP contribution in [0, 0.1) is 5.41 Å². The van der Waals surface area contributed by atoms with Gasteiger partial charge in [0.25, 0.3) is 25.8 Å². The highest BCUT2D eigenvalue weighted by Gasteiger charge is 2.48. The second-order valence-electron chi connectivity index (χ2n) is 19.5. The van der Waals surface area contributed by atoms with Crippen molar-refractivity contribution < 1.29 is 34.8 Å². The summed E-state index contributed by atoms with van der Waals surface area (Å²) in [6.07, 6.45) is 5.18. The van der Waals surface area contributed by atoms with E-state index in [1.165, 1.54) is 46.4 Å². The Balaban J connectivity index is 1.01. The molecule has 2 aliphatic heterocycles. The number of nitrogens with one attached hydrogen (secondary N) is 2. The number of amides is 1. The molecule has 0 saturated carbocycles. The number of halogens is 4. The van der Waals surface area contributed by atoms with Crippen molar-refractivity contribution >= 4 is 77.4 Å². The first kappa shape index (κ1) is 52.1. The normalized spacial score (nSPS) is 18.7. The minimum atomic E-state index is -6.05. The van der Waals surface area contributed by atoms with E-state index in [2.05, 4.69) is 64.5 Å². The molecule has 0 spiro atoms. The first-order valence-electron chi connectivity index (χ1n) is 22.8. The molecule has 1 atom stereocenters. The Bertz CT molecular complexity index is 2630. The van der Waals surface area contributed by atoms with Crippen LogP contribution in [0.5, 0.6) is 0 Å². The van der Waals surface area contributed by atoms with Gasteiger partial charge in [0.05, 0.1) is 21.3 Å². The van der Waals surface area contributed by atoms with Gasteiger partial charge in [-0.15, -0.1) is 11.8 Å². The third-order valence-electron chi connectivity index (χ3n) is 13.0. The van der Waals surface area contributed by atoms with Crippen molar-refractivity contribution in [2.24, 2.45) is 5.41 Å². The van der Waals surface area contributed by atoms with E-state index in [0.29, 0.717) is 29.8 Å². The molecule has 2 N–H and O–H groups in total. The quantitative estimate of drug-likeness (QED) is 0.104. The van der Waals surface area contributed by atoms with E-state index in [-0.39, 0.29) is 22.2 Å². The van der Waals surface area contributed by atoms with E-state index in [1.807, 2.05) is 33.7 Å². The van der Waals surface area contributed by atoms with Crippen molar-refractivity contribution in [3.05, 3.63) is 99.5 Å². The van der Waals surface area contributed by atoms with Gasteiger partial charge in [0, 0.05) is 111 Å². The lowest BCUT2D eigenvalue weighted by Gasteiger charge is -2.42. The Morgan fingerprint density at radius 3 is 2.22 bits per heavy atom. The molecule has 3 aliphatic rings. The van der Waals surface area contributed by atoms with Crippen LogP contribution in [-0.4, -0.2) is 131 Å². The fraction of sp³-hybridized carbons (Fsp3) is 0.500. The Morgan fingerprint density at radius 1 is 0.912 bits per heavy atom. The number of hydrogen-bond acceptors (Lipinski definition) is 13. The zero-order valence-electron chi connectivity index (χ0n) is 39.1. The second-order valence-corrected chi connectivity index (χ2v) is 25.4. The number of alkyl halides is 3. The van der Waals surface area contributed by atoms with Crippen LogP contribution in [0.15, 0.2) is 97.9 Å². The molecule has 4 heterocycles. The second kappa shape index (κ2) is 21.3. The number of nitrogens with zero attached hydrogens (tertiary/aromatic N) is 5. The molecule has 2 aromatic heterocycles. The summed E-state index contributed by atoms with van der Waals surface area (Å²) < 4.78 is 98.3. The largest absolute Gasteiger partial charge is 0.501 e. The van der Waals surface area contributed by atoms with Crippen LogP contribution in [0.2, 0.25) is 5.02 Å². The molecule has 370 valence electrons. The van der Waals surface area contributed by atoms with E-state index >= 15 is 0 Å². The summed E-state index contributed by atoms with van der Waals surface area (Å²) in [6, 6.07) is 14.2. The third kappa shape index (κ3) is 13.2. The Labute approximate surface area is 412 Å². The molecule has 12 nitrogen and oxygen atoms in total. The molecule has 1 aliphatic carbocycles. The Kier molecular flexibility index (Phi) is 16.4. The summed E-state index contributed by atoms with van der Waals surface area (Å²) in [5, 5.41) is 7.51. The number of rotatable bonds is 16. The summed E-state index contributed by atoms with van der Waals surface area (Å²) in [5.41, 5.74) is -1.42. The maximum Gasteiger partial charge on any atom is 0.501 e. The van der Waals surface area contributed by atoms with Crippen LogP contribution in [0.4, 0.5) is 24.5 Å². The van der Waals surface area contributed by atoms with Crippen LogP contribution >= 0.6 is 34.7 Å². The average molecular weight is 1040 g/mol. The highest BCUT2D eigenvalue weighted by atomic mass is 35.5. The minimum absolute atomic E-state index is 0.00152. The zero-order chi connectivity index (χ0) is 49.1. The third-order valence-corrected chi connectivity index (χ3v) is 18.1. The predicted octanol–water partition coefficient (Wildman–Crippen LogP) is 9.37. The lowest BCUT2D eigenvalue weighted by molar-refractivity contribution is -0.0435. The number of sulfonamides is 1. The maximum atomic E-state index is 14.3. The van der Waals surface area contributed by atoms with Gasteiger partial charge < -0.3 is 15.1 Å². The van der Waals surface area contributed by atoms with Gasteiger partial charge in [-0.2, -0.15) is 24.5 Å². The molecule has 2 aromatic carbocycles. The van der Waals surface area contributed by atoms with Crippen molar-refractivity contribution in [1.82, 2.24) is 24.4 Å². The van der Waals surface area contributed by atoms with Gasteiger partial charge in [0.15, 0.2) is 0 Å². The lowest BCUT2D eigenvalue weighted by atomic mass is 9.73. The Morgan fingerprint density at radius 2 is 1.60 bits per heavy atom. The summed E-state index contributed by atoms with van der Waals surface area (Å²) in [5.74, 6) is -0.621. The van der Waals surface area contributed by atoms with E-state index in [1.54, 1.807) is 18.3 Å². The smallest absolute Gasteiger partial charge is 0.380 e. The maximum absolute atomic E-state index is 14.3. The summed E-state index contributed by atoms with van der Waals surface area (Å²) >= 11 is 9.12. The number of benzene rings is 2. The van der Waals surface area contributed by atoms with Crippen molar-refractivity contribution in [1.29, 1.82) is 0 Å². The van der Waals surface area contributed by atoms with Gasteiger partial charge in [0.1, 0.15) is 4.90 Å². The summed E-state index contributed by atoms with van der Waals surface area (Å²) in [7, 11) is -10.9. The SMILES string of the molecule is CC1(C)CCC(c2ccc(Cl)cn2)=C(CN2CCN(c3ccc(C(=O)NS(=O)(=O)c4ccc(NC(CCN5CCN(C(C)(C)C)CC5)CSc5ccsc5)c(S(=O)(=O)C(F)(F)F)c4)cc3)CC2)C1. The number of pyridine rings is 1. The van der Waals surface area contributed by atoms with Gasteiger partial charge in [-0.25, -0.2) is 21.6 Å². The molecule has 0 radical (unpaired) electrons. The predicted molar refractivity (Wildman–Crippen MR) is 268 cm³/mol. The van der Waals surface area contributed by atoms with Crippen LogP contribution in [0.3, 0.4) is 0 Å². The van der Waals surface area contributed by atoms with E-state index in [4.69, 9.17) is 11.6 Å². The van der Waals surface area contributed by atoms with Crippen molar-refractivity contribution in [2.45, 2.75) is 92.1 Å². The van der Waals surface area contributed by atoms with E-state index in [9.17, 15) is 34.8 Å². The molecular weight excluding hydrogens is 975 g/mol. The molecule has 0 bridgehead atoms. The fourth-order valence-electron chi connectivity index (χ4n) is 8.99. The van der Waals surface area contributed by atoms with Gasteiger partial charge in [-0.1, -0.05) is 31.0 Å². The van der Waals surface area contributed by atoms with E-state index in [0.717, 1.165) is 107 Å². The lowest BCUT2D eigenvalue weighted by Crippen LogP contribution is -2.53. The fourth-order valence-corrected chi connectivity index (χ4v) is 13.0. The number of carbonyl (C=O) groups is 1. The number of sulfone groups is 1. The van der Waals surface area contributed by atoms with Gasteiger partial charge in [-0.3, -0.25) is 19.6 Å².